The lowest BCUT2D eigenvalue weighted by Crippen LogP contribution is -2.37. The van der Waals surface area contributed by atoms with E-state index in [1.165, 1.54) is 24.3 Å². The quantitative estimate of drug-likeness (QED) is 0.177. The van der Waals surface area contributed by atoms with E-state index in [0.717, 1.165) is 25.1 Å². The van der Waals surface area contributed by atoms with Crippen LogP contribution in [0.15, 0.2) is 30.5 Å². The number of benzene rings is 1. The largest absolute Gasteiger partial charge is 0.494 e. The number of aryl methyl sites for hydroxylation is 1. The number of anilines is 5. The minimum Gasteiger partial charge on any atom is -0.494 e. The molecule has 0 unspecified atom stereocenters. The van der Waals surface area contributed by atoms with Gasteiger partial charge in [0.15, 0.2) is 5.82 Å². The van der Waals surface area contributed by atoms with Gasteiger partial charge in [-0.1, -0.05) is 13.8 Å². The topological polar surface area (TPSA) is 139 Å². The Bertz CT molecular complexity index is 1700. The molecule has 2 aromatic heterocycles. The molecule has 1 atom stereocenters. The number of carbonyl (C=O) groups excluding carboxylic acids is 1. The Morgan fingerprint density at radius 3 is 2.69 bits per heavy atom. The van der Waals surface area contributed by atoms with Gasteiger partial charge in [0, 0.05) is 55.1 Å². The molecule has 13 heteroatoms. The van der Waals surface area contributed by atoms with Gasteiger partial charge in [0.25, 0.3) is 5.69 Å². The summed E-state index contributed by atoms with van der Waals surface area (Å²) >= 11 is 0. The van der Waals surface area contributed by atoms with Crippen LogP contribution in [0.25, 0.3) is 0 Å². The first-order valence-corrected chi connectivity index (χ1v) is 15.0. The first kappa shape index (κ1) is 29.2. The van der Waals surface area contributed by atoms with Crippen LogP contribution in [-0.2, 0) is 10.2 Å². The average molecular weight is 621 g/mol. The molecule has 1 fully saturated rings. The number of rotatable bonds is 10. The van der Waals surface area contributed by atoms with E-state index in [0.29, 0.717) is 29.4 Å². The third-order valence-corrected chi connectivity index (χ3v) is 7.78. The van der Waals surface area contributed by atoms with Crippen molar-refractivity contribution in [1.29, 1.82) is 0 Å². The second-order valence-corrected chi connectivity index (χ2v) is 12.5. The van der Waals surface area contributed by atoms with Gasteiger partial charge in [0.2, 0.25) is 5.95 Å². The number of fused-ring (bicyclic) bond motifs is 1. The van der Waals surface area contributed by atoms with E-state index in [2.05, 4.69) is 30.1 Å². The third-order valence-electron chi connectivity index (χ3n) is 7.78. The maximum Gasteiger partial charge on any atom is 0.343 e. The second-order valence-electron chi connectivity index (χ2n) is 12.5. The highest BCUT2D eigenvalue weighted by Gasteiger charge is 2.40. The lowest BCUT2D eigenvalue weighted by Gasteiger charge is -2.29. The van der Waals surface area contributed by atoms with E-state index in [4.69, 9.17) is 9.47 Å². The van der Waals surface area contributed by atoms with E-state index in [9.17, 15) is 17.7 Å². The van der Waals surface area contributed by atoms with Gasteiger partial charge in [-0.25, -0.2) is 9.78 Å². The summed E-state index contributed by atoms with van der Waals surface area (Å²) in [5, 5.41) is 15.4. The number of nitro groups is 1. The Morgan fingerprint density at radius 1 is 1.27 bits per heavy atom. The van der Waals surface area contributed by atoms with Crippen LogP contribution >= 0.6 is 0 Å². The number of ether oxygens (including phenoxy) is 2. The molecule has 0 aliphatic carbocycles. The van der Waals surface area contributed by atoms with Crippen LogP contribution in [0.2, 0.25) is 0 Å². The van der Waals surface area contributed by atoms with Gasteiger partial charge < -0.3 is 29.5 Å². The maximum atomic E-state index is 13.3. The zero-order valence-corrected chi connectivity index (χ0v) is 27.0. The van der Waals surface area contributed by atoms with Crippen molar-refractivity contribution in [2.24, 2.45) is 0 Å². The fourth-order valence-electron chi connectivity index (χ4n) is 5.86. The summed E-state index contributed by atoms with van der Waals surface area (Å²) in [6, 6.07) is 6.67. The molecule has 4 heterocycles. The molecule has 3 aromatic rings. The van der Waals surface area contributed by atoms with Gasteiger partial charge in [0.05, 0.1) is 37.9 Å². The fraction of sp³-hybridized carbons (Fsp3) is 0.500. The van der Waals surface area contributed by atoms with E-state index in [1.807, 2.05) is 21.0 Å². The minimum absolute atomic E-state index is 0.0322. The molecule has 0 radical (unpaired) electrons. The second kappa shape index (κ2) is 12.5. The molecule has 0 amide bonds. The van der Waals surface area contributed by atoms with Crippen LogP contribution in [-0.4, -0.2) is 83.7 Å². The lowest BCUT2D eigenvalue weighted by atomic mass is 9.91. The maximum absolute atomic E-state index is 13.3. The van der Waals surface area contributed by atoms with Crippen LogP contribution in [0.4, 0.5) is 34.5 Å². The molecule has 45 heavy (non-hydrogen) atoms. The van der Waals surface area contributed by atoms with Gasteiger partial charge in [-0.15, -0.1) is 0 Å². The first-order chi connectivity index (χ1) is 22.1. The summed E-state index contributed by atoms with van der Waals surface area (Å²) in [5.74, 6) is -0.462. The third kappa shape index (κ3) is 6.48. The van der Waals surface area contributed by atoms with E-state index >= 15 is 0 Å². The number of pyridine rings is 1. The van der Waals surface area contributed by atoms with Crippen molar-refractivity contribution in [3.8, 4) is 5.75 Å². The zero-order chi connectivity index (χ0) is 34.4. The standard InChI is InChI=1S/C32H42N8O5/c1-19(2)45-30(41)22-16-33-31(36-29(22)39-18-32(4,5)28-24(39)12-11-20(3)34-28)35-23-14-26(40(42)43)25(15-27(23)44-8)38-13-9-10-21(38)17-37(6)7/h11-12,14-16,19,21H,9-10,13,17-18H2,1-8H3,(H,33,35,36)/t21-/m1/s1/i18D2. The molecule has 2 aliphatic rings. The Hall–Kier alpha value is -4.52. The molecule has 2 aliphatic heterocycles. The number of hydrogen-bond donors (Lipinski definition) is 1. The zero-order valence-electron chi connectivity index (χ0n) is 29.0. The number of aromatic nitrogens is 3. The number of likely N-dealkylation sites (N-methyl/N-ethyl adjacent to an activating group) is 1. The summed E-state index contributed by atoms with van der Waals surface area (Å²) in [5.41, 5.74) is 1.13. The molecule has 0 saturated carbocycles. The first-order valence-electron chi connectivity index (χ1n) is 16.0. The van der Waals surface area contributed by atoms with Crippen molar-refractivity contribution < 1.29 is 21.9 Å². The Morgan fingerprint density at radius 2 is 2.02 bits per heavy atom. The summed E-state index contributed by atoms with van der Waals surface area (Å²) in [4.78, 5) is 44.4. The molecule has 0 bridgehead atoms. The monoisotopic (exact) mass is 620 g/mol. The van der Waals surface area contributed by atoms with Crippen LogP contribution in [0.3, 0.4) is 0 Å². The summed E-state index contributed by atoms with van der Waals surface area (Å²) in [7, 11) is 5.43. The number of nitrogens with one attached hydrogen (secondary N) is 1. The number of carbonyl (C=O) groups is 1. The van der Waals surface area contributed by atoms with E-state index < -0.39 is 28.9 Å². The molecular weight excluding hydrogens is 576 g/mol. The predicted octanol–water partition coefficient (Wildman–Crippen LogP) is 5.37. The molecule has 0 spiro atoms. The Balaban J connectivity index is 1.62. The van der Waals surface area contributed by atoms with Gasteiger partial charge in [-0.05, 0) is 59.8 Å². The molecule has 13 nitrogen and oxygen atoms in total. The number of nitrogens with zero attached hydrogens (tertiary/aromatic N) is 7. The highest BCUT2D eigenvalue weighted by Crippen LogP contribution is 2.45. The average Bonchev–Trinajstić information content (AvgIpc) is 3.49. The molecule has 240 valence electrons. The van der Waals surface area contributed by atoms with Crippen LogP contribution in [0.1, 0.15) is 65.0 Å². The smallest absolute Gasteiger partial charge is 0.343 e. The van der Waals surface area contributed by atoms with Crippen molar-refractivity contribution in [2.75, 3.05) is 55.9 Å². The van der Waals surface area contributed by atoms with Crippen molar-refractivity contribution in [3.05, 3.63) is 57.5 Å². The highest BCUT2D eigenvalue weighted by atomic mass is 16.6. The van der Waals surface area contributed by atoms with Crippen LogP contribution in [0.5, 0.6) is 5.75 Å². The van der Waals surface area contributed by atoms with Gasteiger partial charge in [-0.3, -0.25) is 15.1 Å². The van der Waals surface area contributed by atoms with Crippen molar-refractivity contribution in [2.45, 2.75) is 65.0 Å². The van der Waals surface area contributed by atoms with E-state index in [-0.39, 0.29) is 34.7 Å². The van der Waals surface area contributed by atoms with Gasteiger partial charge in [0.1, 0.15) is 17.0 Å². The summed E-state index contributed by atoms with van der Waals surface area (Å²) < 4.78 is 29.6. The fourth-order valence-corrected chi connectivity index (χ4v) is 5.86. The number of nitro benzene ring substituents is 1. The van der Waals surface area contributed by atoms with Crippen molar-refractivity contribution in [3.63, 3.8) is 0 Å². The summed E-state index contributed by atoms with van der Waals surface area (Å²) in [6.45, 7) is 8.10. The van der Waals surface area contributed by atoms with Gasteiger partial charge >= 0.3 is 5.97 Å². The number of hydrogen-bond acceptors (Lipinski definition) is 12. The highest BCUT2D eigenvalue weighted by molar-refractivity contribution is 5.96. The SMILES string of the molecule is [2H]C1([2H])N(c2nc(Nc3cc([N+](=O)[O-])c(N4CCC[C@@H]4CN(C)C)cc3OC)ncc2C(=O)OC(C)C)c2ccc(C)nc2C1(C)C. The van der Waals surface area contributed by atoms with E-state index in [1.54, 1.807) is 45.9 Å². The van der Waals surface area contributed by atoms with Gasteiger partial charge in [-0.2, -0.15) is 4.98 Å². The molecule has 1 saturated heterocycles. The molecule has 5 rings (SSSR count). The summed E-state index contributed by atoms with van der Waals surface area (Å²) in [6.07, 6.45) is 2.65. The number of esters is 1. The van der Waals surface area contributed by atoms with Crippen LogP contribution in [0, 0.1) is 17.0 Å². The van der Waals surface area contributed by atoms with Crippen molar-refractivity contribution >= 4 is 40.5 Å². The molecule has 1 aromatic carbocycles. The Kier molecular flexibility index (Phi) is 8.09. The van der Waals surface area contributed by atoms with Crippen LogP contribution < -0.4 is 19.9 Å². The minimum atomic E-state index is -2.08. The normalized spacial score (nSPS) is 18.9. The molecule has 1 N–H and O–H groups in total. The lowest BCUT2D eigenvalue weighted by molar-refractivity contribution is -0.384. The molecular formula is C32H42N8O5. The Labute approximate surface area is 266 Å². The number of methoxy groups -OCH3 is 1. The predicted molar refractivity (Wildman–Crippen MR) is 173 cm³/mol. The van der Waals surface area contributed by atoms with Crippen molar-refractivity contribution in [1.82, 2.24) is 19.9 Å².